The van der Waals surface area contributed by atoms with Crippen molar-refractivity contribution in [1.82, 2.24) is 9.78 Å². The van der Waals surface area contributed by atoms with Crippen molar-refractivity contribution < 1.29 is 9.53 Å². The van der Waals surface area contributed by atoms with Crippen LogP contribution in [-0.4, -0.2) is 28.9 Å². The van der Waals surface area contributed by atoms with Gasteiger partial charge in [-0.05, 0) is 6.92 Å². The van der Waals surface area contributed by atoms with E-state index in [2.05, 4.69) is 9.84 Å². The molecule has 0 spiro atoms. The number of esters is 1. The minimum Gasteiger partial charge on any atom is -0.465 e. The number of ether oxygens (including phenoxy) is 1. The summed E-state index contributed by atoms with van der Waals surface area (Å²) in [5.41, 5.74) is 6.01. The van der Waals surface area contributed by atoms with Crippen LogP contribution in [-0.2, 0) is 11.3 Å². The van der Waals surface area contributed by atoms with E-state index in [-0.39, 0.29) is 12.0 Å². The topological polar surface area (TPSA) is 70.1 Å². The van der Waals surface area contributed by atoms with Gasteiger partial charge in [0.15, 0.2) is 0 Å². The maximum atomic E-state index is 11.0. The van der Waals surface area contributed by atoms with Crippen LogP contribution in [0.15, 0.2) is 12.4 Å². The molecule has 0 fully saturated rings. The van der Waals surface area contributed by atoms with Crippen LogP contribution in [0.1, 0.15) is 17.3 Å². The highest BCUT2D eigenvalue weighted by atomic mass is 16.5. The maximum absolute atomic E-state index is 11.0. The summed E-state index contributed by atoms with van der Waals surface area (Å²) >= 11 is 0. The summed E-state index contributed by atoms with van der Waals surface area (Å²) in [5.74, 6) is -0.379. The van der Waals surface area contributed by atoms with Crippen LogP contribution in [0.25, 0.3) is 0 Å². The second kappa shape index (κ2) is 4.04. The second-order valence-electron chi connectivity index (χ2n) is 2.92. The third kappa shape index (κ3) is 2.55. The Bertz CT molecular complexity index is 293. The van der Waals surface area contributed by atoms with Crippen molar-refractivity contribution in [1.29, 1.82) is 0 Å². The number of nitrogens with two attached hydrogens (primary N) is 1. The summed E-state index contributed by atoms with van der Waals surface area (Å²) in [5, 5.41) is 3.96. The number of carbonyl (C=O) groups is 1. The maximum Gasteiger partial charge on any atom is 0.341 e. The van der Waals surface area contributed by atoms with Crippen LogP contribution >= 0.6 is 0 Å². The van der Waals surface area contributed by atoms with Gasteiger partial charge in [0.1, 0.15) is 0 Å². The molecule has 0 radical (unpaired) electrons. The first-order valence-corrected chi connectivity index (χ1v) is 4.00. The summed E-state index contributed by atoms with van der Waals surface area (Å²) in [4.78, 5) is 11.0. The van der Waals surface area contributed by atoms with Gasteiger partial charge in [0.25, 0.3) is 0 Å². The Labute approximate surface area is 76.5 Å². The Morgan fingerprint density at radius 3 is 3.08 bits per heavy atom. The van der Waals surface area contributed by atoms with Gasteiger partial charge in [-0.25, -0.2) is 4.79 Å². The molecule has 0 aromatic carbocycles. The Morgan fingerprint density at radius 1 is 1.85 bits per heavy atom. The van der Waals surface area contributed by atoms with Crippen molar-refractivity contribution in [2.24, 2.45) is 5.73 Å². The molecule has 1 atom stereocenters. The zero-order chi connectivity index (χ0) is 9.84. The molecular formula is C8H13N3O2. The van der Waals surface area contributed by atoms with Gasteiger partial charge in [0.05, 0.1) is 25.4 Å². The van der Waals surface area contributed by atoms with E-state index in [1.165, 1.54) is 13.3 Å². The van der Waals surface area contributed by atoms with E-state index in [0.717, 1.165) is 0 Å². The zero-order valence-corrected chi connectivity index (χ0v) is 7.73. The molecule has 0 aliphatic rings. The Kier molecular flexibility index (Phi) is 3.02. The lowest BCUT2D eigenvalue weighted by atomic mass is 10.3. The van der Waals surface area contributed by atoms with Crippen molar-refractivity contribution in [2.75, 3.05) is 7.11 Å². The SMILES string of the molecule is COC(=O)c1cnn(CC(C)N)c1. The van der Waals surface area contributed by atoms with Crippen LogP contribution in [0.4, 0.5) is 0 Å². The predicted octanol–water partition coefficient (Wildman–Crippen LogP) is 0.0169. The highest BCUT2D eigenvalue weighted by Gasteiger charge is 2.08. The molecular weight excluding hydrogens is 170 g/mol. The van der Waals surface area contributed by atoms with E-state index in [1.54, 1.807) is 10.9 Å². The van der Waals surface area contributed by atoms with E-state index in [0.29, 0.717) is 12.1 Å². The van der Waals surface area contributed by atoms with E-state index in [4.69, 9.17) is 5.73 Å². The highest BCUT2D eigenvalue weighted by molar-refractivity contribution is 5.88. The summed E-state index contributed by atoms with van der Waals surface area (Å²) in [6.07, 6.45) is 3.09. The van der Waals surface area contributed by atoms with Crippen molar-refractivity contribution in [3.63, 3.8) is 0 Å². The first kappa shape index (κ1) is 9.73. The summed E-state index contributed by atoms with van der Waals surface area (Å²) in [7, 11) is 1.34. The van der Waals surface area contributed by atoms with Crippen LogP contribution in [0, 0.1) is 0 Å². The average Bonchev–Trinajstić information content (AvgIpc) is 2.50. The smallest absolute Gasteiger partial charge is 0.341 e. The number of aromatic nitrogens is 2. The summed E-state index contributed by atoms with van der Waals surface area (Å²) < 4.78 is 6.15. The third-order valence-electron chi connectivity index (χ3n) is 1.53. The highest BCUT2D eigenvalue weighted by Crippen LogP contribution is 1.99. The molecule has 5 heteroatoms. The zero-order valence-electron chi connectivity index (χ0n) is 7.73. The first-order valence-electron chi connectivity index (χ1n) is 4.00. The average molecular weight is 183 g/mol. The lowest BCUT2D eigenvalue weighted by Gasteiger charge is -2.03. The molecule has 5 nitrogen and oxygen atoms in total. The molecule has 1 heterocycles. The Morgan fingerprint density at radius 2 is 2.54 bits per heavy atom. The van der Waals surface area contributed by atoms with E-state index in [9.17, 15) is 4.79 Å². The third-order valence-corrected chi connectivity index (χ3v) is 1.53. The second-order valence-corrected chi connectivity index (χ2v) is 2.92. The Balaban J connectivity index is 2.69. The number of methoxy groups -OCH3 is 1. The van der Waals surface area contributed by atoms with Gasteiger partial charge < -0.3 is 10.5 Å². The number of carbonyl (C=O) groups excluding carboxylic acids is 1. The number of rotatable bonds is 3. The van der Waals surface area contributed by atoms with Crippen LogP contribution in [0.5, 0.6) is 0 Å². The standard InChI is InChI=1S/C8H13N3O2/c1-6(9)4-11-5-7(3-10-11)8(12)13-2/h3,5-6H,4,9H2,1-2H3. The van der Waals surface area contributed by atoms with E-state index in [1.807, 2.05) is 6.92 Å². The fourth-order valence-electron chi connectivity index (χ4n) is 0.982. The van der Waals surface area contributed by atoms with Crippen LogP contribution in [0.2, 0.25) is 0 Å². The Hall–Kier alpha value is -1.36. The van der Waals surface area contributed by atoms with Crippen molar-refractivity contribution in [2.45, 2.75) is 19.5 Å². The molecule has 13 heavy (non-hydrogen) atoms. The van der Waals surface area contributed by atoms with Gasteiger partial charge in [0, 0.05) is 12.2 Å². The van der Waals surface area contributed by atoms with Crippen molar-refractivity contribution in [3.05, 3.63) is 18.0 Å². The van der Waals surface area contributed by atoms with Crippen molar-refractivity contribution in [3.8, 4) is 0 Å². The number of nitrogens with zero attached hydrogens (tertiary/aromatic N) is 2. The lowest BCUT2D eigenvalue weighted by molar-refractivity contribution is 0.0600. The molecule has 0 aliphatic carbocycles. The fraction of sp³-hybridized carbons (Fsp3) is 0.500. The molecule has 0 amide bonds. The van der Waals surface area contributed by atoms with Gasteiger partial charge in [0.2, 0.25) is 0 Å². The van der Waals surface area contributed by atoms with Gasteiger partial charge >= 0.3 is 5.97 Å². The fourth-order valence-corrected chi connectivity index (χ4v) is 0.982. The first-order chi connectivity index (χ1) is 6.13. The van der Waals surface area contributed by atoms with E-state index >= 15 is 0 Å². The monoisotopic (exact) mass is 183 g/mol. The predicted molar refractivity (Wildman–Crippen MR) is 47.2 cm³/mol. The minimum atomic E-state index is -0.379. The number of hydrogen-bond donors (Lipinski definition) is 1. The lowest BCUT2D eigenvalue weighted by Crippen LogP contribution is -2.22. The molecule has 1 aromatic rings. The molecule has 0 saturated heterocycles. The van der Waals surface area contributed by atoms with Crippen molar-refractivity contribution >= 4 is 5.97 Å². The molecule has 1 unspecified atom stereocenters. The summed E-state index contributed by atoms with van der Waals surface area (Å²) in [6.45, 7) is 2.47. The van der Waals surface area contributed by atoms with Gasteiger partial charge in [-0.1, -0.05) is 0 Å². The molecule has 1 rings (SSSR count). The molecule has 0 bridgehead atoms. The minimum absolute atomic E-state index is 0.0189. The largest absolute Gasteiger partial charge is 0.465 e. The van der Waals surface area contributed by atoms with Crippen LogP contribution in [0.3, 0.4) is 0 Å². The van der Waals surface area contributed by atoms with Gasteiger partial charge in [-0.15, -0.1) is 0 Å². The van der Waals surface area contributed by atoms with Gasteiger partial charge in [-0.3, -0.25) is 4.68 Å². The summed E-state index contributed by atoms with van der Waals surface area (Å²) in [6, 6.07) is 0.0189. The molecule has 72 valence electrons. The normalized spacial score (nSPS) is 12.5. The van der Waals surface area contributed by atoms with E-state index < -0.39 is 0 Å². The van der Waals surface area contributed by atoms with Crippen LogP contribution < -0.4 is 5.73 Å². The quantitative estimate of drug-likeness (QED) is 0.670. The molecule has 0 saturated carbocycles. The van der Waals surface area contributed by atoms with Gasteiger partial charge in [-0.2, -0.15) is 5.10 Å². The molecule has 2 N–H and O–H groups in total. The number of hydrogen-bond acceptors (Lipinski definition) is 4. The molecule has 1 aromatic heterocycles. The molecule has 0 aliphatic heterocycles.